The summed E-state index contributed by atoms with van der Waals surface area (Å²) >= 11 is 3.48. The van der Waals surface area contributed by atoms with Crippen LogP contribution in [0.5, 0.6) is 0 Å². The molecule has 0 aromatic heterocycles. The van der Waals surface area contributed by atoms with Crippen LogP contribution in [0.25, 0.3) is 0 Å². The summed E-state index contributed by atoms with van der Waals surface area (Å²) in [7, 11) is 0. The van der Waals surface area contributed by atoms with E-state index in [0.29, 0.717) is 0 Å². The van der Waals surface area contributed by atoms with Gasteiger partial charge in [-0.05, 0) is 29.7 Å². The zero-order chi connectivity index (χ0) is 9.26. The molecule has 1 aliphatic heterocycles. The van der Waals surface area contributed by atoms with Gasteiger partial charge in [0.05, 0.1) is 5.45 Å². The van der Waals surface area contributed by atoms with E-state index in [4.69, 9.17) is 5.73 Å². The van der Waals surface area contributed by atoms with Crippen molar-refractivity contribution in [1.82, 2.24) is 4.90 Å². The highest BCUT2D eigenvalue weighted by Crippen LogP contribution is 2.21. The van der Waals surface area contributed by atoms with Crippen LogP contribution in [0.2, 0.25) is 0 Å². The van der Waals surface area contributed by atoms with Crippen LogP contribution in [-0.2, 0) is 13.0 Å². The van der Waals surface area contributed by atoms with Gasteiger partial charge in [-0.1, -0.05) is 22.0 Å². The van der Waals surface area contributed by atoms with Gasteiger partial charge in [0.2, 0.25) is 0 Å². The molecule has 70 valence electrons. The summed E-state index contributed by atoms with van der Waals surface area (Å²) in [5, 5.41) is 0. The minimum absolute atomic E-state index is 0.881. The number of anilines is 1. The molecule has 13 heavy (non-hydrogen) atoms. The summed E-state index contributed by atoms with van der Waals surface area (Å²) in [5.74, 6) is 0. The molecule has 0 saturated heterocycles. The lowest BCUT2D eigenvalue weighted by Gasteiger charge is -2.26. The summed E-state index contributed by atoms with van der Waals surface area (Å²) in [6.45, 7) is 2.17. The molecule has 0 bridgehead atoms. The maximum atomic E-state index is 5.73. The molecule has 0 amide bonds. The first-order valence-corrected chi connectivity index (χ1v) is 5.57. The van der Waals surface area contributed by atoms with Crippen molar-refractivity contribution < 1.29 is 0 Å². The first kappa shape index (κ1) is 9.03. The van der Waals surface area contributed by atoms with Crippen LogP contribution in [0, 0.1) is 0 Å². The highest BCUT2D eigenvalue weighted by Gasteiger charge is 2.14. The molecule has 0 saturated carbocycles. The Kier molecular flexibility index (Phi) is 2.56. The van der Waals surface area contributed by atoms with E-state index in [1.807, 2.05) is 6.07 Å². The summed E-state index contributed by atoms with van der Waals surface area (Å²) < 4.78 is 0. The van der Waals surface area contributed by atoms with E-state index in [0.717, 1.165) is 30.7 Å². The van der Waals surface area contributed by atoms with Crippen molar-refractivity contribution in [2.75, 3.05) is 17.7 Å². The molecule has 0 unspecified atom stereocenters. The minimum atomic E-state index is 0.881. The predicted molar refractivity (Wildman–Crippen MR) is 58.8 cm³/mol. The quantitative estimate of drug-likeness (QED) is 0.462. The monoisotopic (exact) mass is 240 g/mol. The van der Waals surface area contributed by atoms with Gasteiger partial charge in [0, 0.05) is 18.8 Å². The Morgan fingerprint density at radius 1 is 1.38 bits per heavy atom. The minimum Gasteiger partial charge on any atom is -0.399 e. The number of halogens is 1. The number of rotatable bonds is 1. The van der Waals surface area contributed by atoms with Crippen molar-refractivity contribution in [3.63, 3.8) is 0 Å². The summed E-state index contributed by atoms with van der Waals surface area (Å²) in [6.07, 6.45) is 1.12. The number of alkyl halides is 1. The normalized spacial score (nSPS) is 17.0. The van der Waals surface area contributed by atoms with Crippen molar-refractivity contribution >= 4 is 21.6 Å². The lowest BCUT2D eigenvalue weighted by molar-refractivity contribution is 0.303. The summed E-state index contributed by atoms with van der Waals surface area (Å²) in [5.41, 5.74) is 10.4. The molecule has 2 nitrogen and oxygen atoms in total. The smallest absolute Gasteiger partial charge is 0.0545 e. The standard InChI is InChI=1S/C10H13BrN2/c11-7-13-4-3-8-5-10(12)2-1-9(8)6-13/h1-2,5H,3-4,6-7,12H2. The van der Waals surface area contributed by atoms with E-state index in [1.54, 1.807) is 0 Å². The van der Waals surface area contributed by atoms with Gasteiger partial charge in [-0.2, -0.15) is 0 Å². The van der Waals surface area contributed by atoms with E-state index in [9.17, 15) is 0 Å². The Morgan fingerprint density at radius 3 is 3.00 bits per heavy atom. The number of fused-ring (bicyclic) bond motifs is 1. The second kappa shape index (κ2) is 3.68. The van der Waals surface area contributed by atoms with E-state index in [2.05, 4.69) is 33.0 Å². The number of nitrogen functional groups attached to an aromatic ring is 1. The topological polar surface area (TPSA) is 29.3 Å². The highest BCUT2D eigenvalue weighted by molar-refractivity contribution is 9.09. The van der Waals surface area contributed by atoms with Crippen LogP contribution < -0.4 is 5.73 Å². The third kappa shape index (κ3) is 1.86. The molecule has 0 fully saturated rings. The molecule has 1 aliphatic rings. The molecule has 2 N–H and O–H groups in total. The molecule has 3 heteroatoms. The van der Waals surface area contributed by atoms with E-state index in [1.165, 1.54) is 11.1 Å². The number of benzene rings is 1. The average molecular weight is 241 g/mol. The molecule has 0 atom stereocenters. The number of hydrogen-bond acceptors (Lipinski definition) is 2. The summed E-state index contributed by atoms with van der Waals surface area (Å²) in [6, 6.07) is 6.22. The first-order valence-electron chi connectivity index (χ1n) is 4.45. The zero-order valence-corrected chi connectivity index (χ0v) is 9.05. The molecular formula is C10H13BrN2. The first-order chi connectivity index (χ1) is 6.29. The van der Waals surface area contributed by atoms with Crippen LogP contribution in [0.15, 0.2) is 18.2 Å². The lowest BCUT2D eigenvalue weighted by Crippen LogP contribution is -2.29. The average Bonchev–Trinajstić information content (AvgIpc) is 2.17. The van der Waals surface area contributed by atoms with Crippen molar-refractivity contribution in [3.8, 4) is 0 Å². The molecule has 0 spiro atoms. The number of nitrogens with two attached hydrogens (primary N) is 1. The maximum Gasteiger partial charge on any atom is 0.0545 e. The van der Waals surface area contributed by atoms with Crippen LogP contribution in [0.4, 0.5) is 5.69 Å². The van der Waals surface area contributed by atoms with Crippen LogP contribution in [-0.4, -0.2) is 16.9 Å². The van der Waals surface area contributed by atoms with Gasteiger partial charge >= 0.3 is 0 Å². The van der Waals surface area contributed by atoms with E-state index >= 15 is 0 Å². The second-order valence-corrected chi connectivity index (χ2v) is 3.95. The molecule has 1 aromatic rings. The Labute approximate surface area is 86.9 Å². The fourth-order valence-corrected chi connectivity index (χ4v) is 2.16. The van der Waals surface area contributed by atoms with Crippen LogP contribution in [0.1, 0.15) is 11.1 Å². The Hall–Kier alpha value is -0.540. The van der Waals surface area contributed by atoms with Crippen molar-refractivity contribution in [2.24, 2.45) is 0 Å². The van der Waals surface area contributed by atoms with Crippen LogP contribution in [0.3, 0.4) is 0 Å². The maximum absolute atomic E-state index is 5.73. The van der Waals surface area contributed by atoms with Gasteiger partial charge in [0.15, 0.2) is 0 Å². The van der Waals surface area contributed by atoms with Gasteiger partial charge < -0.3 is 5.73 Å². The van der Waals surface area contributed by atoms with Gasteiger partial charge in [-0.25, -0.2) is 0 Å². The Morgan fingerprint density at radius 2 is 2.23 bits per heavy atom. The largest absolute Gasteiger partial charge is 0.399 e. The van der Waals surface area contributed by atoms with Crippen molar-refractivity contribution in [2.45, 2.75) is 13.0 Å². The Bertz CT molecular complexity index is 312. The third-order valence-electron chi connectivity index (χ3n) is 2.49. The molecular weight excluding hydrogens is 228 g/mol. The molecule has 1 heterocycles. The Balaban J connectivity index is 2.26. The second-order valence-electron chi connectivity index (χ2n) is 3.45. The molecule has 0 radical (unpaired) electrons. The van der Waals surface area contributed by atoms with E-state index < -0.39 is 0 Å². The zero-order valence-electron chi connectivity index (χ0n) is 7.46. The molecule has 2 rings (SSSR count). The van der Waals surface area contributed by atoms with Gasteiger partial charge in [-0.3, -0.25) is 4.90 Å². The summed E-state index contributed by atoms with van der Waals surface area (Å²) in [4.78, 5) is 2.37. The highest BCUT2D eigenvalue weighted by atomic mass is 79.9. The molecule has 0 aliphatic carbocycles. The molecule has 1 aromatic carbocycles. The fourth-order valence-electron chi connectivity index (χ4n) is 1.73. The third-order valence-corrected chi connectivity index (χ3v) is 3.20. The fraction of sp³-hybridized carbons (Fsp3) is 0.400. The van der Waals surface area contributed by atoms with E-state index in [-0.39, 0.29) is 0 Å². The lowest BCUT2D eigenvalue weighted by atomic mass is 10.00. The van der Waals surface area contributed by atoms with Crippen molar-refractivity contribution in [3.05, 3.63) is 29.3 Å². The SMILES string of the molecule is Nc1ccc2c(c1)CCN(CBr)C2. The van der Waals surface area contributed by atoms with Crippen LogP contribution >= 0.6 is 15.9 Å². The van der Waals surface area contributed by atoms with Gasteiger partial charge in [0.1, 0.15) is 0 Å². The van der Waals surface area contributed by atoms with Crippen molar-refractivity contribution in [1.29, 1.82) is 0 Å². The van der Waals surface area contributed by atoms with Gasteiger partial charge in [0.25, 0.3) is 0 Å². The number of hydrogen-bond donors (Lipinski definition) is 1. The number of nitrogens with zero attached hydrogens (tertiary/aromatic N) is 1. The van der Waals surface area contributed by atoms with Gasteiger partial charge in [-0.15, -0.1) is 0 Å². The predicted octanol–water partition coefficient (Wildman–Crippen LogP) is 1.98.